The highest BCUT2D eigenvalue weighted by Gasteiger charge is 2.35. The van der Waals surface area contributed by atoms with Crippen molar-refractivity contribution in [3.8, 4) is 0 Å². The Hall–Kier alpha value is -1.30. The van der Waals surface area contributed by atoms with Crippen LogP contribution < -0.4 is 5.32 Å². The summed E-state index contributed by atoms with van der Waals surface area (Å²) in [5.74, 6) is -1.29. The molecule has 0 bridgehead atoms. The Labute approximate surface area is 108 Å². The molecule has 0 aliphatic heterocycles. The van der Waals surface area contributed by atoms with Crippen LogP contribution in [0.4, 0.5) is 23.2 Å². The number of benzene rings is 1. The number of alkyl halides is 3. The van der Waals surface area contributed by atoms with Crippen LogP contribution in [0.15, 0.2) is 18.2 Å². The number of aliphatic hydroxyl groups is 1. The van der Waals surface area contributed by atoms with Crippen molar-refractivity contribution in [3.63, 3.8) is 0 Å². The van der Waals surface area contributed by atoms with Crippen molar-refractivity contribution < 1.29 is 22.7 Å². The second kappa shape index (κ2) is 5.00. The van der Waals surface area contributed by atoms with Gasteiger partial charge >= 0.3 is 6.18 Å². The fraction of sp³-hybridized carbons (Fsp3) is 0.538. The van der Waals surface area contributed by atoms with Crippen molar-refractivity contribution in [1.29, 1.82) is 0 Å². The van der Waals surface area contributed by atoms with E-state index in [0.29, 0.717) is 12.8 Å². The van der Waals surface area contributed by atoms with Gasteiger partial charge in [0, 0.05) is 12.2 Å². The van der Waals surface area contributed by atoms with E-state index in [1.807, 2.05) is 0 Å². The maximum Gasteiger partial charge on any atom is 0.419 e. The Bertz CT molecular complexity index is 452. The molecular formula is C13H15F4NO. The topological polar surface area (TPSA) is 32.3 Å². The maximum atomic E-state index is 13.1. The Morgan fingerprint density at radius 2 is 1.84 bits per heavy atom. The minimum Gasteiger partial charge on any atom is -0.388 e. The van der Waals surface area contributed by atoms with Gasteiger partial charge in [-0.25, -0.2) is 4.39 Å². The molecule has 1 aliphatic carbocycles. The molecule has 19 heavy (non-hydrogen) atoms. The summed E-state index contributed by atoms with van der Waals surface area (Å²) in [6, 6.07) is 2.75. The van der Waals surface area contributed by atoms with Crippen LogP contribution in [0.25, 0.3) is 0 Å². The van der Waals surface area contributed by atoms with Gasteiger partial charge in [0.05, 0.1) is 11.2 Å². The van der Waals surface area contributed by atoms with Crippen LogP contribution in [0, 0.1) is 5.82 Å². The number of rotatable bonds is 3. The van der Waals surface area contributed by atoms with Gasteiger partial charge in [-0.3, -0.25) is 0 Å². The van der Waals surface area contributed by atoms with Crippen LogP contribution in [0.5, 0.6) is 0 Å². The van der Waals surface area contributed by atoms with Gasteiger partial charge in [-0.05, 0) is 31.0 Å². The minimum atomic E-state index is -4.72. The first kappa shape index (κ1) is 14.1. The van der Waals surface area contributed by atoms with Crippen molar-refractivity contribution >= 4 is 5.69 Å². The second-order valence-electron chi connectivity index (χ2n) is 4.98. The fourth-order valence-electron chi connectivity index (χ4n) is 2.33. The first-order valence-corrected chi connectivity index (χ1v) is 6.13. The zero-order chi connectivity index (χ0) is 14.1. The molecule has 1 aromatic carbocycles. The van der Waals surface area contributed by atoms with Crippen molar-refractivity contribution in [2.24, 2.45) is 0 Å². The van der Waals surface area contributed by atoms with E-state index in [9.17, 15) is 22.7 Å². The Kier molecular flexibility index (Phi) is 3.71. The van der Waals surface area contributed by atoms with E-state index in [4.69, 9.17) is 0 Å². The Morgan fingerprint density at radius 3 is 2.42 bits per heavy atom. The van der Waals surface area contributed by atoms with Crippen LogP contribution in [-0.4, -0.2) is 17.3 Å². The molecule has 1 fully saturated rings. The van der Waals surface area contributed by atoms with Gasteiger partial charge in [-0.1, -0.05) is 12.8 Å². The van der Waals surface area contributed by atoms with Crippen LogP contribution in [-0.2, 0) is 6.18 Å². The van der Waals surface area contributed by atoms with E-state index in [1.54, 1.807) is 0 Å². The van der Waals surface area contributed by atoms with E-state index < -0.39 is 23.2 Å². The lowest BCUT2D eigenvalue weighted by Crippen LogP contribution is -2.33. The highest BCUT2D eigenvalue weighted by atomic mass is 19.4. The molecule has 0 spiro atoms. The molecule has 1 aromatic rings. The Morgan fingerprint density at radius 1 is 1.21 bits per heavy atom. The van der Waals surface area contributed by atoms with Gasteiger partial charge in [0.15, 0.2) is 0 Å². The van der Waals surface area contributed by atoms with Crippen molar-refractivity contribution in [1.82, 2.24) is 0 Å². The number of anilines is 1. The predicted octanol–water partition coefficient (Wildman–Crippen LogP) is 3.56. The van der Waals surface area contributed by atoms with Gasteiger partial charge < -0.3 is 10.4 Å². The lowest BCUT2D eigenvalue weighted by molar-refractivity contribution is -0.139. The monoisotopic (exact) mass is 277 g/mol. The largest absolute Gasteiger partial charge is 0.419 e. The first-order chi connectivity index (χ1) is 8.80. The lowest BCUT2D eigenvalue weighted by Gasteiger charge is -2.23. The number of hydrogen-bond acceptors (Lipinski definition) is 2. The third kappa shape index (κ3) is 3.37. The normalized spacial score (nSPS) is 18.6. The van der Waals surface area contributed by atoms with Crippen LogP contribution in [0.3, 0.4) is 0 Å². The smallest absolute Gasteiger partial charge is 0.388 e. The molecule has 0 amide bonds. The molecule has 1 saturated carbocycles. The molecule has 0 saturated heterocycles. The number of nitrogens with one attached hydrogen (secondary N) is 1. The SMILES string of the molecule is OC1(CNc2ccc(F)c(C(F)(F)F)c2)CCCC1. The van der Waals surface area contributed by atoms with Gasteiger partial charge in [0.1, 0.15) is 5.82 Å². The highest BCUT2D eigenvalue weighted by molar-refractivity contribution is 5.47. The van der Waals surface area contributed by atoms with Gasteiger partial charge in [0.25, 0.3) is 0 Å². The average molecular weight is 277 g/mol. The minimum absolute atomic E-state index is 0.161. The number of halogens is 4. The third-order valence-electron chi connectivity index (χ3n) is 3.43. The molecule has 2 nitrogen and oxygen atoms in total. The maximum absolute atomic E-state index is 13.1. The molecule has 0 heterocycles. The van der Waals surface area contributed by atoms with Crippen LogP contribution in [0.1, 0.15) is 31.2 Å². The van der Waals surface area contributed by atoms with Gasteiger partial charge in [-0.15, -0.1) is 0 Å². The summed E-state index contributed by atoms with van der Waals surface area (Å²) in [4.78, 5) is 0. The molecule has 106 valence electrons. The average Bonchev–Trinajstić information content (AvgIpc) is 2.74. The van der Waals surface area contributed by atoms with E-state index in [1.165, 1.54) is 6.07 Å². The number of hydrogen-bond donors (Lipinski definition) is 2. The van der Waals surface area contributed by atoms with Crippen molar-refractivity contribution in [2.45, 2.75) is 37.5 Å². The van der Waals surface area contributed by atoms with Crippen LogP contribution >= 0.6 is 0 Å². The second-order valence-corrected chi connectivity index (χ2v) is 4.98. The molecule has 1 aliphatic rings. The standard InChI is InChI=1S/C13H15F4NO/c14-11-4-3-9(7-10(11)13(15,16)17)18-8-12(19)5-1-2-6-12/h3-4,7,18-19H,1-2,5-6,8H2. The summed E-state index contributed by atoms with van der Waals surface area (Å²) in [7, 11) is 0. The third-order valence-corrected chi connectivity index (χ3v) is 3.43. The highest BCUT2D eigenvalue weighted by Crippen LogP contribution is 2.34. The van der Waals surface area contributed by atoms with E-state index in [-0.39, 0.29) is 12.2 Å². The molecular weight excluding hydrogens is 262 g/mol. The molecule has 0 radical (unpaired) electrons. The van der Waals surface area contributed by atoms with Gasteiger partial charge in [0.2, 0.25) is 0 Å². The van der Waals surface area contributed by atoms with Crippen molar-refractivity contribution in [3.05, 3.63) is 29.6 Å². The van der Waals surface area contributed by atoms with E-state index in [0.717, 1.165) is 25.0 Å². The molecule has 2 N–H and O–H groups in total. The summed E-state index contributed by atoms with van der Waals surface area (Å²) in [5, 5.41) is 12.8. The lowest BCUT2D eigenvalue weighted by atomic mass is 10.0. The quantitative estimate of drug-likeness (QED) is 0.828. The Balaban J connectivity index is 2.09. The molecule has 2 rings (SSSR count). The van der Waals surface area contributed by atoms with E-state index >= 15 is 0 Å². The summed E-state index contributed by atoms with van der Waals surface area (Å²) in [5.41, 5.74) is -2.00. The summed E-state index contributed by atoms with van der Waals surface area (Å²) < 4.78 is 50.7. The summed E-state index contributed by atoms with van der Waals surface area (Å²) >= 11 is 0. The first-order valence-electron chi connectivity index (χ1n) is 6.13. The van der Waals surface area contributed by atoms with E-state index in [2.05, 4.69) is 5.32 Å². The molecule has 0 atom stereocenters. The molecule has 6 heteroatoms. The zero-order valence-electron chi connectivity index (χ0n) is 10.2. The zero-order valence-corrected chi connectivity index (χ0v) is 10.2. The van der Waals surface area contributed by atoms with Crippen LogP contribution in [0.2, 0.25) is 0 Å². The predicted molar refractivity (Wildman–Crippen MR) is 63.3 cm³/mol. The van der Waals surface area contributed by atoms with Gasteiger partial charge in [-0.2, -0.15) is 13.2 Å². The molecule has 0 aromatic heterocycles. The fourth-order valence-corrected chi connectivity index (χ4v) is 2.33. The molecule has 0 unspecified atom stereocenters. The summed E-state index contributed by atoms with van der Waals surface area (Å²) in [6.45, 7) is 0.177. The summed E-state index contributed by atoms with van der Waals surface area (Å²) in [6.07, 6.45) is -1.63. The van der Waals surface area contributed by atoms with Crippen molar-refractivity contribution in [2.75, 3.05) is 11.9 Å².